The molecule has 0 spiro atoms. The van der Waals surface area contributed by atoms with Crippen molar-refractivity contribution in [3.63, 3.8) is 0 Å². The van der Waals surface area contributed by atoms with Crippen LogP contribution < -0.4 is 11.3 Å². The zero-order valence-electron chi connectivity index (χ0n) is 12.3. The maximum atomic E-state index is 11.4. The third kappa shape index (κ3) is 3.79. The molecule has 20 heavy (non-hydrogen) atoms. The largest absolute Gasteiger partial charge is 0.308 e. The molecule has 1 heterocycles. The number of likely N-dealkylation sites (N-methyl/N-ethyl adjacent to an activating group) is 1. The van der Waals surface area contributed by atoms with Crippen LogP contribution in [0.3, 0.4) is 0 Å². The summed E-state index contributed by atoms with van der Waals surface area (Å²) in [4.78, 5) is 16.2. The first-order chi connectivity index (χ1) is 9.60. The van der Waals surface area contributed by atoms with Gasteiger partial charge in [-0.1, -0.05) is 12.1 Å². The lowest BCUT2D eigenvalue weighted by atomic mass is 10.1. The number of nitrogen functional groups attached to an aromatic ring is 1. The molecule has 5 nitrogen and oxygen atoms in total. The van der Waals surface area contributed by atoms with Crippen molar-refractivity contribution in [3.05, 3.63) is 35.4 Å². The molecule has 1 atom stereocenters. The fraction of sp³-hybridized carbons (Fsp3) is 0.533. The van der Waals surface area contributed by atoms with Gasteiger partial charge in [-0.2, -0.15) is 0 Å². The van der Waals surface area contributed by atoms with Gasteiger partial charge >= 0.3 is 0 Å². The number of hydrogen-bond donors (Lipinski definition) is 2. The molecular formula is C15H24N4O. The number of hydrogen-bond acceptors (Lipinski definition) is 4. The second-order valence-corrected chi connectivity index (χ2v) is 5.70. The standard InChI is InChI=1S/C15H24N4O/c1-18(2)11-14-4-3-9-19(14)10-12-5-7-13(8-6-12)15(20)17-16/h5-8,14H,3-4,9-11,16H2,1-2H3,(H,17,20). The van der Waals surface area contributed by atoms with E-state index in [4.69, 9.17) is 5.84 Å². The van der Waals surface area contributed by atoms with Gasteiger partial charge in [-0.15, -0.1) is 0 Å². The van der Waals surface area contributed by atoms with E-state index in [9.17, 15) is 4.79 Å². The molecule has 1 amide bonds. The van der Waals surface area contributed by atoms with E-state index in [-0.39, 0.29) is 5.91 Å². The van der Waals surface area contributed by atoms with Gasteiger partial charge in [-0.3, -0.25) is 15.1 Å². The molecule has 1 aliphatic rings. The summed E-state index contributed by atoms with van der Waals surface area (Å²) in [6.07, 6.45) is 2.54. The molecule has 1 aromatic rings. The van der Waals surface area contributed by atoms with Gasteiger partial charge < -0.3 is 4.90 Å². The van der Waals surface area contributed by atoms with Crippen molar-refractivity contribution in [1.29, 1.82) is 0 Å². The van der Waals surface area contributed by atoms with Crippen molar-refractivity contribution in [3.8, 4) is 0 Å². The summed E-state index contributed by atoms with van der Waals surface area (Å²) in [6.45, 7) is 3.21. The number of amides is 1. The molecule has 5 heteroatoms. The van der Waals surface area contributed by atoms with Crippen molar-refractivity contribution >= 4 is 5.91 Å². The molecule has 2 rings (SSSR count). The molecule has 0 radical (unpaired) electrons. The zero-order valence-corrected chi connectivity index (χ0v) is 12.3. The van der Waals surface area contributed by atoms with Crippen LogP contribution in [0, 0.1) is 0 Å². The second kappa shape index (κ2) is 6.83. The molecule has 0 aliphatic carbocycles. The molecule has 0 saturated carbocycles. The minimum absolute atomic E-state index is 0.247. The number of carbonyl (C=O) groups excluding carboxylic acids is 1. The van der Waals surface area contributed by atoms with E-state index in [2.05, 4.69) is 29.3 Å². The number of benzene rings is 1. The van der Waals surface area contributed by atoms with Gasteiger partial charge in [-0.05, 0) is 51.2 Å². The molecule has 3 N–H and O–H groups in total. The fourth-order valence-corrected chi connectivity index (χ4v) is 2.81. The van der Waals surface area contributed by atoms with Crippen LogP contribution in [0.2, 0.25) is 0 Å². The summed E-state index contributed by atoms with van der Waals surface area (Å²) in [6, 6.07) is 8.31. The van der Waals surface area contributed by atoms with Crippen LogP contribution in [0.1, 0.15) is 28.8 Å². The molecule has 1 saturated heterocycles. The molecule has 1 aliphatic heterocycles. The minimum atomic E-state index is -0.247. The second-order valence-electron chi connectivity index (χ2n) is 5.70. The Kier molecular flexibility index (Phi) is 5.11. The summed E-state index contributed by atoms with van der Waals surface area (Å²) in [7, 11) is 4.24. The van der Waals surface area contributed by atoms with Crippen LogP contribution in [0.25, 0.3) is 0 Å². The summed E-state index contributed by atoms with van der Waals surface area (Å²) in [5, 5.41) is 0. The Bertz CT molecular complexity index is 444. The molecule has 1 unspecified atom stereocenters. The monoisotopic (exact) mass is 276 g/mol. The van der Waals surface area contributed by atoms with Gasteiger partial charge in [0, 0.05) is 24.7 Å². The first-order valence-electron chi connectivity index (χ1n) is 7.09. The highest BCUT2D eigenvalue weighted by Gasteiger charge is 2.24. The van der Waals surface area contributed by atoms with E-state index in [1.807, 2.05) is 24.3 Å². The first-order valence-corrected chi connectivity index (χ1v) is 7.09. The Hall–Kier alpha value is -1.43. The maximum absolute atomic E-state index is 11.4. The summed E-state index contributed by atoms with van der Waals surface area (Å²) in [5.74, 6) is 4.88. The maximum Gasteiger partial charge on any atom is 0.265 e. The Morgan fingerprint density at radius 2 is 2.10 bits per heavy atom. The lowest BCUT2D eigenvalue weighted by molar-refractivity contribution is 0.0953. The van der Waals surface area contributed by atoms with Crippen LogP contribution >= 0.6 is 0 Å². The average molecular weight is 276 g/mol. The number of hydrazine groups is 1. The highest BCUT2D eigenvalue weighted by Crippen LogP contribution is 2.20. The van der Waals surface area contributed by atoms with E-state index in [1.54, 1.807) is 0 Å². The van der Waals surface area contributed by atoms with Crippen molar-refractivity contribution in [2.75, 3.05) is 27.2 Å². The van der Waals surface area contributed by atoms with E-state index in [0.717, 1.165) is 19.6 Å². The Morgan fingerprint density at radius 3 is 2.70 bits per heavy atom. The van der Waals surface area contributed by atoms with E-state index >= 15 is 0 Å². The third-order valence-electron chi connectivity index (χ3n) is 3.81. The molecule has 1 aromatic carbocycles. The highest BCUT2D eigenvalue weighted by atomic mass is 16.2. The van der Waals surface area contributed by atoms with Crippen molar-refractivity contribution in [2.24, 2.45) is 5.84 Å². The number of rotatable bonds is 5. The van der Waals surface area contributed by atoms with Gasteiger partial charge in [0.15, 0.2) is 0 Å². The molecule has 0 aromatic heterocycles. The Labute approximate surface area is 120 Å². The number of carbonyl (C=O) groups is 1. The van der Waals surface area contributed by atoms with E-state index < -0.39 is 0 Å². The zero-order chi connectivity index (χ0) is 14.5. The normalized spacial score (nSPS) is 19.5. The topological polar surface area (TPSA) is 61.6 Å². The molecule has 110 valence electrons. The number of nitrogens with one attached hydrogen (secondary N) is 1. The molecular weight excluding hydrogens is 252 g/mol. The van der Waals surface area contributed by atoms with Gasteiger partial charge in [0.25, 0.3) is 5.91 Å². The summed E-state index contributed by atoms with van der Waals surface area (Å²) in [5.41, 5.74) is 3.99. The van der Waals surface area contributed by atoms with E-state index in [0.29, 0.717) is 11.6 Å². The minimum Gasteiger partial charge on any atom is -0.308 e. The van der Waals surface area contributed by atoms with Crippen molar-refractivity contribution in [2.45, 2.75) is 25.4 Å². The van der Waals surface area contributed by atoms with Gasteiger partial charge in [0.2, 0.25) is 0 Å². The van der Waals surface area contributed by atoms with E-state index in [1.165, 1.54) is 18.4 Å². The number of nitrogens with two attached hydrogens (primary N) is 1. The van der Waals surface area contributed by atoms with Crippen LogP contribution in [-0.2, 0) is 6.54 Å². The van der Waals surface area contributed by atoms with Gasteiger partial charge in [0.05, 0.1) is 0 Å². The average Bonchev–Trinajstić information content (AvgIpc) is 2.85. The molecule has 1 fully saturated rings. The number of nitrogens with zero attached hydrogens (tertiary/aromatic N) is 2. The first kappa shape index (κ1) is 15.0. The Morgan fingerprint density at radius 1 is 1.40 bits per heavy atom. The van der Waals surface area contributed by atoms with Crippen molar-refractivity contribution in [1.82, 2.24) is 15.2 Å². The smallest absolute Gasteiger partial charge is 0.265 e. The SMILES string of the molecule is CN(C)CC1CCCN1Cc1ccc(C(=O)NN)cc1. The van der Waals surface area contributed by atoms with Gasteiger partial charge in [0.1, 0.15) is 0 Å². The van der Waals surface area contributed by atoms with Crippen LogP contribution in [-0.4, -0.2) is 48.9 Å². The number of likely N-dealkylation sites (tertiary alicyclic amines) is 1. The lowest BCUT2D eigenvalue weighted by Crippen LogP contribution is -2.37. The lowest BCUT2D eigenvalue weighted by Gasteiger charge is -2.27. The highest BCUT2D eigenvalue weighted by molar-refractivity contribution is 5.93. The Balaban J connectivity index is 1.97. The van der Waals surface area contributed by atoms with Crippen molar-refractivity contribution < 1.29 is 4.79 Å². The molecule has 0 bridgehead atoms. The van der Waals surface area contributed by atoms with Crippen LogP contribution in [0.4, 0.5) is 0 Å². The predicted octanol–water partition coefficient (Wildman–Crippen LogP) is 0.816. The summed E-state index contributed by atoms with van der Waals surface area (Å²) >= 11 is 0. The third-order valence-corrected chi connectivity index (χ3v) is 3.81. The van der Waals surface area contributed by atoms with Crippen LogP contribution in [0.15, 0.2) is 24.3 Å². The van der Waals surface area contributed by atoms with Gasteiger partial charge in [-0.25, -0.2) is 5.84 Å². The predicted molar refractivity (Wildman–Crippen MR) is 80.1 cm³/mol. The summed E-state index contributed by atoms with van der Waals surface area (Å²) < 4.78 is 0. The van der Waals surface area contributed by atoms with Crippen LogP contribution in [0.5, 0.6) is 0 Å². The quantitative estimate of drug-likeness (QED) is 0.475. The fourth-order valence-electron chi connectivity index (χ4n) is 2.81.